The van der Waals surface area contributed by atoms with Crippen LogP contribution in [-0.4, -0.2) is 32.5 Å². The summed E-state index contributed by atoms with van der Waals surface area (Å²) < 4.78 is 15.4. The number of ether oxygens (including phenoxy) is 3. The first-order valence-electron chi connectivity index (χ1n) is 3.08. The van der Waals surface area contributed by atoms with Crippen molar-refractivity contribution in [2.45, 2.75) is 6.10 Å². The number of hydrogen-bond donors (Lipinski definition) is 1. The van der Waals surface area contributed by atoms with Gasteiger partial charge in [-0.3, -0.25) is 0 Å². The van der Waals surface area contributed by atoms with Crippen LogP contribution in [0.15, 0.2) is 0 Å². The molecule has 0 amide bonds. The quantitative estimate of drug-likeness (QED) is 0.470. The van der Waals surface area contributed by atoms with Crippen molar-refractivity contribution in [3.63, 3.8) is 0 Å². The van der Waals surface area contributed by atoms with Gasteiger partial charge in [0, 0.05) is 6.54 Å². The Hall–Kier alpha value is -0.160. The van der Waals surface area contributed by atoms with Crippen molar-refractivity contribution in [2.24, 2.45) is 0 Å². The lowest BCUT2D eigenvalue weighted by Crippen LogP contribution is -2.41. The van der Waals surface area contributed by atoms with Gasteiger partial charge in [-0.2, -0.15) is 0 Å². The van der Waals surface area contributed by atoms with Crippen LogP contribution in [0.1, 0.15) is 0 Å². The summed E-state index contributed by atoms with van der Waals surface area (Å²) in [6.07, 6.45) is -0.861. The Kier molecular flexibility index (Phi) is 1.19. The van der Waals surface area contributed by atoms with Crippen LogP contribution < -0.4 is 5.32 Å². The van der Waals surface area contributed by atoms with Gasteiger partial charge in [-0.05, 0) is 0 Å². The highest BCUT2D eigenvalue weighted by molar-refractivity contribution is 4.66. The molecular weight excluding hydrogens is 122 g/mol. The van der Waals surface area contributed by atoms with Crippen LogP contribution in [0.2, 0.25) is 0 Å². The Morgan fingerprint density at radius 3 is 2.22 bits per heavy atom. The van der Waals surface area contributed by atoms with E-state index in [9.17, 15) is 0 Å². The molecule has 0 saturated carbocycles. The van der Waals surface area contributed by atoms with E-state index in [1.165, 1.54) is 0 Å². The van der Waals surface area contributed by atoms with Crippen molar-refractivity contribution in [3.05, 3.63) is 0 Å². The molecule has 4 heteroatoms. The van der Waals surface area contributed by atoms with Crippen molar-refractivity contribution in [1.82, 2.24) is 5.32 Å². The van der Waals surface area contributed by atoms with Crippen molar-refractivity contribution < 1.29 is 14.2 Å². The Morgan fingerprint density at radius 1 is 1.00 bits per heavy atom. The zero-order valence-electron chi connectivity index (χ0n) is 5.05. The van der Waals surface area contributed by atoms with Crippen LogP contribution in [0, 0.1) is 0 Å². The Balaban J connectivity index is 2.04. The molecule has 2 heterocycles. The first-order chi connectivity index (χ1) is 4.41. The predicted molar refractivity (Wildman–Crippen MR) is 28.6 cm³/mol. The molecule has 4 nitrogen and oxygen atoms in total. The molecule has 0 aromatic carbocycles. The van der Waals surface area contributed by atoms with Gasteiger partial charge in [0.1, 0.15) is 0 Å². The lowest BCUT2D eigenvalue weighted by Gasteiger charge is -2.18. The zero-order valence-corrected chi connectivity index (χ0v) is 5.05. The second-order valence-electron chi connectivity index (χ2n) is 2.03. The van der Waals surface area contributed by atoms with Gasteiger partial charge in [-0.15, -0.1) is 0 Å². The molecule has 2 saturated heterocycles. The lowest BCUT2D eigenvalue weighted by molar-refractivity contribution is -0.320. The largest absolute Gasteiger partial charge is 0.351 e. The third-order valence-corrected chi connectivity index (χ3v) is 1.40. The van der Waals surface area contributed by atoms with Gasteiger partial charge in [0.15, 0.2) is 0 Å². The highest BCUT2D eigenvalue weighted by Crippen LogP contribution is 2.20. The second-order valence-corrected chi connectivity index (χ2v) is 2.03. The average Bonchev–Trinajstić information content (AvgIpc) is 2.45. The molecule has 2 fully saturated rings. The fourth-order valence-electron chi connectivity index (χ4n) is 1.02. The Morgan fingerprint density at radius 2 is 1.67 bits per heavy atom. The average molecular weight is 131 g/mol. The minimum absolute atomic E-state index is 0.618. The summed E-state index contributed by atoms with van der Waals surface area (Å²) >= 11 is 0. The minimum atomic E-state index is -0.861. The molecule has 1 N–H and O–H groups in total. The normalized spacial score (nSPS) is 32.0. The standard InChI is InChI=1S/C5H9NO3/c1-2-7-5(6-1)8-3-4-9-5/h6H,1-4H2. The van der Waals surface area contributed by atoms with Gasteiger partial charge < -0.3 is 14.2 Å². The molecule has 2 aliphatic rings. The molecule has 2 aliphatic heterocycles. The Labute approximate surface area is 53.1 Å². The predicted octanol–water partition coefficient (Wildman–Crippen LogP) is -0.736. The molecule has 0 aliphatic carbocycles. The highest BCUT2D eigenvalue weighted by Gasteiger charge is 2.41. The molecular formula is C5H9NO3. The first-order valence-corrected chi connectivity index (χ1v) is 3.08. The maximum absolute atomic E-state index is 5.15. The molecule has 9 heavy (non-hydrogen) atoms. The van der Waals surface area contributed by atoms with E-state index in [1.54, 1.807) is 0 Å². The fourth-order valence-corrected chi connectivity index (χ4v) is 1.02. The van der Waals surface area contributed by atoms with E-state index in [-0.39, 0.29) is 0 Å². The molecule has 0 aromatic heterocycles. The second kappa shape index (κ2) is 1.91. The highest BCUT2D eigenvalue weighted by atomic mass is 16.9. The monoisotopic (exact) mass is 131 g/mol. The molecule has 0 unspecified atom stereocenters. The van der Waals surface area contributed by atoms with E-state index >= 15 is 0 Å². The van der Waals surface area contributed by atoms with Gasteiger partial charge in [-0.1, -0.05) is 0 Å². The van der Waals surface area contributed by atoms with Crippen LogP contribution in [-0.2, 0) is 14.2 Å². The molecule has 0 radical (unpaired) electrons. The summed E-state index contributed by atoms with van der Waals surface area (Å²) in [4.78, 5) is 0. The van der Waals surface area contributed by atoms with Crippen LogP contribution in [0.5, 0.6) is 0 Å². The minimum Gasteiger partial charge on any atom is -0.313 e. The third-order valence-electron chi connectivity index (χ3n) is 1.40. The number of rotatable bonds is 0. The van der Waals surface area contributed by atoms with Gasteiger partial charge in [0.05, 0.1) is 19.8 Å². The summed E-state index contributed by atoms with van der Waals surface area (Å²) in [7, 11) is 0. The van der Waals surface area contributed by atoms with Gasteiger partial charge in [0.25, 0.3) is 0 Å². The van der Waals surface area contributed by atoms with E-state index in [0.717, 1.165) is 6.54 Å². The maximum atomic E-state index is 5.15. The van der Waals surface area contributed by atoms with E-state index in [1.807, 2.05) is 0 Å². The summed E-state index contributed by atoms with van der Waals surface area (Å²) in [5, 5.41) is 2.97. The van der Waals surface area contributed by atoms with Crippen molar-refractivity contribution in [3.8, 4) is 0 Å². The summed E-state index contributed by atoms with van der Waals surface area (Å²) in [6, 6.07) is 0. The summed E-state index contributed by atoms with van der Waals surface area (Å²) in [6.45, 7) is 2.71. The SMILES string of the molecule is C1COC2(N1)OCCO2. The maximum Gasteiger partial charge on any atom is 0.351 e. The third kappa shape index (κ3) is 0.840. The van der Waals surface area contributed by atoms with Gasteiger partial charge in [0.2, 0.25) is 0 Å². The van der Waals surface area contributed by atoms with E-state index < -0.39 is 6.10 Å². The van der Waals surface area contributed by atoms with Crippen LogP contribution in [0.3, 0.4) is 0 Å². The van der Waals surface area contributed by atoms with Gasteiger partial charge >= 0.3 is 6.10 Å². The molecule has 0 atom stereocenters. The summed E-state index contributed by atoms with van der Waals surface area (Å²) in [5.74, 6) is 0. The fraction of sp³-hybridized carbons (Fsp3) is 1.00. The topological polar surface area (TPSA) is 39.7 Å². The Bertz CT molecular complexity index is 87.3. The van der Waals surface area contributed by atoms with E-state index in [0.29, 0.717) is 19.8 Å². The zero-order chi connectivity index (χ0) is 6.16. The smallest absolute Gasteiger partial charge is 0.313 e. The lowest BCUT2D eigenvalue weighted by atomic mass is 10.7. The molecule has 52 valence electrons. The van der Waals surface area contributed by atoms with Crippen molar-refractivity contribution in [1.29, 1.82) is 0 Å². The molecule has 2 rings (SSSR count). The van der Waals surface area contributed by atoms with E-state index in [4.69, 9.17) is 14.2 Å². The van der Waals surface area contributed by atoms with E-state index in [2.05, 4.69) is 5.32 Å². The molecule has 0 aromatic rings. The molecule has 0 bridgehead atoms. The van der Waals surface area contributed by atoms with Crippen molar-refractivity contribution in [2.75, 3.05) is 26.4 Å². The van der Waals surface area contributed by atoms with Crippen molar-refractivity contribution >= 4 is 0 Å². The number of nitrogens with one attached hydrogen (secondary N) is 1. The summed E-state index contributed by atoms with van der Waals surface area (Å²) in [5.41, 5.74) is 0. The van der Waals surface area contributed by atoms with Gasteiger partial charge in [-0.25, -0.2) is 5.32 Å². The van der Waals surface area contributed by atoms with Crippen LogP contribution in [0.4, 0.5) is 0 Å². The van der Waals surface area contributed by atoms with Crippen LogP contribution in [0.25, 0.3) is 0 Å². The molecule has 1 spiro atoms. The van der Waals surface area contributed by atoms with Crippen LogP contribution >= 0.6 is 0 Å². The number of hydrogen-bond acceptors (Lipinski definition) is 4. The first kappa shape index (κ1) is 5.61.